The Labute approximate surface area is 125 Å². The maximum atomic E-state index is 3.30. The van der Waals surface area contributed by atoms with Gasteiger partial charge in [-0.05, 0) is 30.4 Å². The Kier molecular flexibility index (Phi) is 9.41. The second-order valence-electron chi connectivity index (χ2n) is 5.25. The van der Waals surface area contributed by atoms with E-state index in [2.05, 4.69) is 62.1 Å². The molecule has 1 aromatic rings. The van der Waals surface area contributed by atoms with Crippen molar-refractivity contribution in [3.05, 3.63) is 41.5 Å². The van der Waals surface area contributed by atoms with Crippen molar-refractivity contribution in [2.45, 2.75) is 65.2 Å². The zero-order valence-corrected chi connectivity index (χ0v) is 13.1. The fourth-order valence-electron chi connectivity index (χ4n) is 2.09. The van der Waals surface area contributed by atoms with Crippen LogP contribution in [0.15, 0.2) is 30.3 Å². The molecule has 108 valence electrons. The van der Waals surface area contributed by atoms with Crippen molar-refractivity contribution >= 4 is 6.08 Å². The third kappa shape index (κ3) is 7.85. The molecule has 0 radical (unpaired) electrons. The number of hydrogen-bond acceptors (Lipinski definition) is 0. The van der Waals surface area contributed by atoms with E-state index in [0.29, 0.717) is 0 Å². The van der Waals surface area contributed by atoms with E-state index in [1.54, 1.807) is 0 Å². The molecule has 0 bridgehead atoms. The molecule has 0 atom stereocenters. The smallest absolute Gasteiger partial charge is 0.0129 e. The van der Waals surface area contributed by atoms with E-state index in [-0.39, 0.29) is 0 Å². The molecule has 0 N–H and O–H groups in total. The van der Waals surface area contributed by atoms with Crippen LogP contribution in [0.5, 0.6) is 0 Å². The Morgan fingerprint density at radius 3 is 2.65 bits per heavy atom. The summed E-state index contributed by atoms with van der Waals surface area (Å²) in [6.07, 6.45) is 13.8. The lowest BCUT2D eigenvalue weighted by Crippen LogP contribution is -1.84. The number of rotatable bonds is 8. The molecule has 0 heteroatoms. The number of hydrogen-bond donors (Lipinski definition) is 0. The van der Waals surface area contributed by atoms with Crippen LogP contribution < -0.4 is 0 Å². The molecule has 0 saturated heterocycles. The van der Waals surface area contributed by atoms with Crippen molar-refractivity contribution in [3.63, 3.8) is 0 Å². The monoisotopic (exact) mass is 268 g/mol. The van der Waals surface area contributed by atoms with Gasteiger partial charge < -0.3 is 0 Å². The lowest BCUT2D eigenvalue weighted by atomic mass is 10.1. The summed E-state index contributed by atoms with van der Waals surface area (Å²) in [7, 11) is 0. The first-order valence-corrected chi connectivity index (χ1v) is 8.08. The van der Waals surface area contributed by atoms with Crippen LogP contribution in [-0.4, -0.2) is 0 Å². The van der Waals surface area contributed by atoms with Gasteiger partial charge in [0.05, 0.1) is 0 Å². The molecule has 0 heterocycles. The second-order valence-corrected chi connectivity index (χ2v) is 5.25. The number of unbranched alkanes of at least 4 members (excludes halogenated alkanes) is 4. The predicted octanol–water partition coefficient (Wildman–Crippen LogP) is 6.02. The molecule has 0 aliphatic carbocycles. The highest BCUT2D eigenvalue weighted by Crippen LogP contribution is 2.10. The quantitative estimate of drug-likeness (QED) is 0.399. The van der Waals surface area contributed by atoms with E-state index >= 15 is 0 Å². The van der Waals surface area contributed by atoms with Crippen molar-refractivity contribution in [3.8, 4) is 11.8 Å². The van der Waals surface area contributed by atoms with E-state index < -0.39 is 0 Å². The summed E-state index contributed by atoms with van der Waals surface area (Å²) >= 11 is 0. The number of aryl methyl sites for hydroxylation is 1. The average Bonchev–Trinajstić information content (AvgIpc) is 2.47. The molecular weight excluding hydrogens is 240 g/mol. The Bertz CT molecular complexity index is 443. The van der Waals surface area contributed by atoms with Crippen LogP contribution in [0.1, 0.15) is 69.9 Å². The molecule has 0 nitrogen and oxygen atoms in total. The molecule has 0 aliphatic rings. The Morgan fingerprint density at radius 1 is 1.00 bits per heavy atom. The first-order valence-electron chi connectivity index (χ1n) is 8.08. The predicted molar refractivity (Wildman–Crippen MR) is 90.6 cm³/mol. The fourth-order valence-corrected chi connectivity index (χ4v) is 2.09. The SMILES string of the molecule is CCCC=Cc1cccc(CCC#CCCCCC)c1. The highest BCUT2D eigenvalue weighted by molar-refractivity contribution is 5.50. The fraction of sp³-hybridized carbons (Fsp3) is 0.500. The third-order valence-corrected chi connectivity index (χ3v) is 3.29. The minimum atomic E-state index is 0.980. The Morgan fingerprint density at radius 2 is 1.85 bits per heavy atom. The van der Waals surface area contributed by atoms with Gasteiger partial charge in [0.2, 0.25) is 0 Å². The van der Waals surface area contributed by atoms with Crippen LogP contribution in [0, 0.1) is 11.8 Å². The molecule has 0 amide bonds. The maximum absolute atomic E-state index is 3.30. The molecule has 1 aromatic carbocycles. The van der Waals surface area contributed by atoms with Gasteiger partial charge in [-0.1, -0.05) is 69.5 Å². The highest BCUT2D eigenvalue weighted by Gasteiger charge is 1.93. The molecule has 0 unspecified atom stereocenters. The van der Waals surface area contributed by atoms with Gasteiger partial charge in [0.25, 0.3) is 0 Å². The molecule has 20 heavy (non-hydrogen) atoms. The molecule has 1 rings (SSSR count). The summed E-state index contributed by atoms with van der Waals surface area (Å²) in [4.78, 5) is 0. The molecule has 0 spiro atoms. The van der Waals surface area contributed by atoms with Gasteiger partial charge in [-0.15, -0.1) is 11.8 Å². The Balaban J connectivity index is 2.34. The van der Waals surface area contributed by atoms with Crippen molar-refractivity contribution in [1.29, 1.82) is 0 Å². The molecule has 0 aromatic heterocycles. The first-order chi connectivity index (χ1) is 9.86. The number of benzene rings is 1. The van der Waals surface area contributed by atoms with Crippen molar-refractivity contribution < 1.29 is 0 Å². The maximum Gasteiger partial charge on any atom is 0.0129 e. The summed E-state index contributed by atoms with van der Waals surface area (Å²) in [6.45, 7) is 4.44. The highest BCUT2D eigenvalue weighted by atomic mass is 14.0. The second kappa shape index (κ2) is 11.4. The Hall–Kier alpha value is -1.48. The van der Waals surface area contributed by atoms with E-state index in [0.717, 1.165) is 25.7 Å². The van der Waals surface area contributed by atoms with E-state index in [4.69, 9.17) is 0 Å². The van der Waals surface area contributed by atoms with Crippen LogP contribution in [0.25, 0.3) is 6.08 Å². The summed E-state index contributed by atoms with van der Waals surface area (Å²) in [5.74, 6) is 6.58. The zero-order valence-electron chi connectivity index (χ0n) is 13.1. The van der Waals surface area contributed by atoms with Gasteiger partial charge in [-0.2, -0.15) is 0 Å². The molecule has 0 aliphatic heterocycles. The van der Waals surface area contributed by atoms with Crippen LogP contribution in [0.2, 0.25) is 0 Å². The van der Waals surface area contributed by atoms with Crippen LogP contribution >= 0.6 is 0 Å². The molecular formula is C20H28. The van der Waals surface area contributed by atoms with Crippen LogP contribution in [0.3, 0.4) is 0 Å². The van der Waals surface area contributed by atoms with E-state index in [1.807, 2.05) is 0 Å². The molecule has 0 saturated carbocycles. The topological polar surface area (TPSA) is 0 Å². The van der Waals surface area contributed by atoms with Crippen molar-refractivity contribution in [2.24, 2.45) is 0 Å². The summed E-state index contributed by atoms with van der Waals surface area (Å²) < 4.78 is 0. The summed E-state index contributed by atoms with van der Waals surface area (Å²) in [6, 6.07) is 8.81. The minimum absolute atomic E-state index is 0.980. The van der Waals surface area contributed by atoms with Crippen LogP contribution in [0.4, 0.5) is 0 Å². The van der Waals surface area contributed by atoms with Gasteiger partial charge >= 0.3 is 0 Å². The van der Waals surface area contributed by atoms with E-state index in [1.165, 1.54) is 36.8 Å². The largest absolute Gasteiger partial charge is 0.103 e. The number of allylic oxidation sites excluding steroid dienone is 1. The van der Waals surface area contributed by atoms with Gasteiger partial charge in [-0.3, -0.25) is 0 Å². The lowest BCUT2D eigenvalue weighted by Gasteiger charge is -2.00. The van der Waals surface area contributed by atoms with Crippen molar-refractivity contribution in [1.82, 2.24) is 0 Å². The normalized spacial score (nSPS) is 10.5. The van der Waals surface area contributed by atoms with Gasteiger partial charge in [0, 0.05) is 12.8 Å². The lowest BCUT2D eigenvalue weighted by molar-refractivity contribution is 0.737. The zero-order chi connectivity index (χ0) is 14.5. The van der Waals surface area contributed by atoms with Gasteiger partial charge in [0.1, 0.15) is 0 Å². The summed E-state index contributed by atoms with van der Waals surface area (Å²) in [5, 5.41) is 0. The van der Waals surface area contributed by atoms with E-state index in [9.17, 15) is 0 Å². The third-order valence-electron chi connectivity index (χ3n) is 3.29. The summed E-state index contributed by atoms with van der Waals surface area (Å²) in [5.41, 5.74) is 2.71. The minimum Gasteiger partial charge on any atom is -0.103 e. The van der Waals surface area contributed by atoms with Crippen LogP contribution in [-0.2, 0) is 6.42 Å². The van der Waals surface area contributed by atoms with Gasteiger partial charge in [-0.25, -0.2) is 0 Å². The first kappa shape index (κ1) is 16.6. The van der Waals surface area contributed by atoms with Gasteiger partial charge in [0.15, 0.2) is 0 Å². The standard InChI is InChI=1S/C20H28/c1-3-5-7-8-9-10-12-15-20-17-13-16-19(18-20)14-11-6-4-2/h11,13-14,16-18H,3-8,12,15H2,1-2H3. The molecule has 0 fully saturated rings. The van der Waals surface area contributed by atoms with Crippen molar-refractivity contribution in [2.75, 3.05) is 0 Å². The average molecular weight is 268 g/mol.